The lowest BCUT2D eigenvalue weighted by molar-refractivity contribution is -0.138. The van der Waals surface area contributed by atoms with Crippen LogP contribution in [0.1, 0.15) is 37.7 Å². The minimum atomic E-state index is 0.0181. The maximum absolute atomic E-state index is 12.9. The van der Waals surface area contributed by atoms with Crippen molar-refractivity contribution in [1.29, 1.82) is 0 Å². The van der Waals surface area contributed by atoms with Gasteiger partial charge in [-0.1, -0.05) is 43.2 Å². The number of carbonyl (C=O) groups excluding carboxylic acids is 2. The van der Waals surface area contributed by atoms with E-state index in [1.807, 2.05) is 15.9 Å². The molecule has 1 aliphatic carbocycles. The minimum Gasteiger partial charge on any atom is -0.341 e. The molecule has 1 aromatic rings. The SMILES string of the molecule is O=C(C1CCCC1)N1CCN(C2CCN(CCc3ccccc3)C2=O)CC1. The van der Waals surface area contributed by atoms with Gasteiger partial charge >= 0.3 is 0 Å². The second-order valence-corrected chi connectivity index (χ2v) is 8.21. The van der Waals surface area contributed by atoms with E-state index in [0.29, 0.717) is 5.91 Å². The van der Waals surface area contributed by atoms with E-state index >= 15 is 0 Å². The van der Waals surface area contributed by atoms with Gasteiger partial charge in [0.25, 0.3) is 0 Å². The highest BCUT2D eigenvalue weighted by Gasteiger charge is 2.38. The third-order valence-electron chi connectivity index (χ3n) is 6.55. The molecule has 146 valence electrons. The molecule has 0 bridgehead atoms. The van der Waals surface area contributed by atoms with Crippen molar-refractivity contribution in [1.82, 2.24) is 14.7 Å². The van der Waals surface area contributed by atoms with E-state index in [-0.39, 0.29) is 17.9 Å². The lowest BCUT2D eigenvalue weighted by Crippen LogP contribution is -2.54. The average molecular weight is 370 g/mol. The Bertz CT molecular complexity index is 649. The number of hydrogen-bond acceptors (Lipinski definition) is 3. The summed E-state index contributed by atoms with van der Waals surface area (Å²) in [6, 6.07) is 10.4. The monoisotopic (exact) mass is 369 g/mol. The van der Waals surface area contributed by atoms with Gasteiger partial charge in [-0.05, 0) is 31.2 Å². The molecule has 4 rings (SSSR count). The maximum Gasteiger partial charge on any atom is 0.240 e. The van der Waals surface area contributed by atoms with Crippen LogP contribution in [0.4, 0.5) is 0 Å². The lowest BCUT2D eigenvalue weighted by Gasteiger charge is -2.38. The van der Waals surface area contributed by atoms with Crippen LogP contribution >= 0.6 is 0 Å². The first-order valence-corrected chi connectivity index (χ1v) is 10.6. The molecule has 0 N–H and O–H groups in total. The summed E-state index contributed by atoms with van der Waals surface area (Å²) >= 11 is 0. The maximum atomic E-state index is 12.9. The number of amides is 2. The first-order chi connectivity index (χ1) is 13.2. The van der Waals surface area contributed by atoms with Crippen molar-refractivity contribution in [3.63, 3.8) is 0 Å². The first kappa shape index (κ1) is 18.5. The molecule has 5 nitrogen and oxygen atoms in total. The normalized spacial score (nSPS) is 24.7. The highest BCUT2D eigenvalue weighted by molar-refractivity contribution is 5.84. The Morgan fingerprint density at radius 2 is 1.63 bits per heavy atom. The zero-order valence-electron chi connectivity index (χ0n) is 16.2. The molecule has 3 fully saturated rings. The standard InChI is InChI=1S/C22H31N3O2/c26-21(19-8-4-5-9-19)25-16-14-23(15-17-25)20-11-13-24(22(20)27)12-10-18-6-2-1-3-7-18/h1-3,6-7,19-20H,4-5,8-17H2. The number of piperazine rings is 1. The first-order valence-electron chi connectivity index (χ1n) is 10.6. The van der Waals surface area contributed by atoms with Crippen LogP contribution in [-0.4, -0.2) is 71.8 Å². The van der Waals surface area contributed by atoms with Gasteiger partial charge in [-0.2, -0.15) is 0 Å². The Morgan fingerprint density at radius 1 is 0.926 bits per heavy atom. The molecule has 27 heavy (non-hydrogen) atoms. The highest BCUT2D eigenvalue weighted by Crippen LogP contribution is 2.27. The van der Waals surface area contributed by atoms with Gasteiger partial charge in [0.05, 0.1) is 6.04 Å². The van der Waals surface area contributed by atoms with Crippen LogP contribution in [0.2, 0.25) is 0 Å². The molecular formula is C22H31N3O2. The van der Waals surface area contributed by atoms with Crippen molar-refractivity contribution in [3.05, 3.63) is 35.9 Å². The number of benzene rings is 1. The summed E-state index contributed by atoms with van der Waals surface area (Å²) in [6.45, 7) is 4.89. The molecule has 5 heteroatoms. The van der Waals surface area contributed by atoms with Gasteiger partial charge in [0.2, 0.25) is 11.8 Å². The number of carbonyl (C=O) groups is 2. The molecule has 2 saturated heterocycles. The molecule has 1 atom stereocenters. The number of rotatable bonds is 5. The topological polar surface area (TPSA) is 43.9 Å². The highest BCUT2D eigenvalue weighted by atomic mass is 16.2. The third-order valence-corrected chi connectivity index (χ3v) is 6.55. The van der Waals surface area contributed by atoms with Gasteiger partial charge in [-0.3, -0.25) is 14.5 Å². The van der Waals surface area contributed by atoms with Gasteiger partial charge < -0.3 is 9.80 Å². The van der Waals surface area contributed by atoms with Gasteiger partial charge in [-0.25, -0.2) is 0 Å². The molecule has 0 radical (unpaired) electrons. The average Bonchev–Trinajstić information content (AvgIpc) is 3.37. The van der Waals surface area contributed by atoms with Crippen molar-refractivity contribution < 1.29 is 9.59 Å². The van der Waals surface area contributed by atoms with Crippen molar-refractivity contribution in [3.8, 4) is 0 Å². The van der Waals surface area contributed by atoms with Crippen molar-refractivity contribution in [2.75, 3.05) is 39.3 Å². The van der Waals surface area contributed by atoms with E-state index in [2.05, 4.69) is 29.2 Å². The zero-order valence-corrected chi connectivity index (χ0v) is 16.2. The van der Waals surface area contributed by atoms with Crippen LogP contribution in [0, 0.1) is 5.92 Å². The Hall–Kier alpha value is -1.88. The molecule has 2 heterocycles. The molecule has 1 unspecified atom stereocenters. The Kier molecular flexibility index (Phi) is 5.77. The second-order valence-electron chi connectivity index (χ2n) is 8.21. The largest absolute Gasteiger partial charge is 0.341 e. The van der Waals surface area contributed by atoms with Crippen LogP contribution < -0.4 is 0 Å². The van der Waals surface area contributed by atoms with E-state index in [4.69, 9.17) is 0 Å². The third kappa shape index (κ3) is 4.18. The smallest absolute Gasteiger partial charge is 0.240 e. The van der Waals surface area contributed by atoms with E-state index in [0.717, 1.165) is 65.0 Å². The Balaban J connectivity index is 1.25. The quantitative estimate of drug-likeness (QED) is 0.799. The molecule has 3 aliphatic rings. The predicted octanol–water partition coefficient (Wildman–Crippen LogP) is 2.16. The fraction of sp³-hybridized carbons (Fsp3) is 0.636. The van der Waals surface area contributed by atoms with Crippen LogP contribution in [0.3, 0.4) is 0 Å². The molecular weight excluding hydrogens is 338 g/mol. The molecule has 1 saturated carbocycles. The lowest BCUT2D eigenvalue weighted by atomic mass is 10.1. The van der Waals surface area contributed by atoms with Gasteiger partial charge in [0.15, 0.2) is 0 Å². The van der Waals surface area contributed by atoms with E-state index in [1.165, 1.54) is 18.4 Å². The van der Waals surface area contributed by atoms with Crippen LogP contribution in [0.15, 0.2) is 30.3 Å². The molecule has 0 aromatic heterocycles. The van der Waals surface area contributed by atoms with Gasteiger partial charge in [-0.15, -0.1) is 0 Å². The number of likely N-dealkylation sites (tertiary alicyclic amines) is 1. The van der Waals surface area contributed by atoms with Crippen LogP contribution in [0.5, 0.6) is 0 Å². The zero-order chi connectivity index (χ0) is 18.6. The minimum absolute atomic E-state index is 0.0181. The molecule has 2 amide bonds. The molecule has 0 spiro atoms. The van der Waals surface area contributed by atoms with E-state index in [1.54, 1.807) is 0 Å². The summed E-state index contributed by atoms with van der Waals surface area (Å²) in [6.07, 6.45) is 6.37. The Labute approximate surface area is 162 Å². The molecule has 1 aromatic carbocycles. The van der Waals surface area contributed by atoms with Crippen LogP contribution in [0.25, 0.3) is 0 Å². The summed E-state index contributed by atoms with van der Waals surface area (Å²) in [5.41, 5.74) is 1.28. The van der Waals surface area contributed by atoms with Crippen molar-refractivity contribution >= 4 is 11.8 Å². The van der Waals surface area contributed by atoms with E-state index in [9.17, 15) is 9.59 Å². The second kappa shape index (κ2) is 8.42. The fourth-order valence-corrected chi connectivity index (χ4v) is 4.88. The van der Waals surface area contributed by atoms with Gasteiger partial charge in [0, 0.05) is 45.2 Å². The van der Waals surface area contributed by atoms with Crippen molar-refractivity contribution in [2.24, 2.45) is 5.92 Å². The summed E-state index contributed by atoms with van der Waals surface area (Å²) in [5, 5.41) is 0. The van der Waals surface area contributed by atoms with Crippen molar-refractivity contribution in [2.45, 2.75) is 44.6 Å². The predicted molar refractivity (Wildman–Crippen MR) is 105 cm³/mol. The van der Waals surface area contributed by atoms with Gasteiger partial charge in [0.1, 0.15) is 0 Å². The van der Waals surface area contributed by atoms with Crippen LogP contribution in [-0.2, 0) is 16.0 Å². The molecule has 2 aliphatic heterocycles. The Morgan fingerprint density at radius 3 is 2.33 bits per heavy atom. The summed E-state index contributed by atoms with van der Waals surface area (Å²) in [4.78, 5) is 31.8. The number of hydrogen-bond donors (Lipinski definition) is 0. The summed E-state index contributed by atoms with van der Waals surface area (Å²) in [7, 11) is 0. The number of nitrogens with zero attached hydrogens (tertiary/aromatic N) is 3. The fourth-order valence-electron chi connectivity index (χ4n) is 4.88. The summed E-state index contributed by atoms with van der Waals surface area (Å²) in [5.74, 6) is 0.897. The van der Waals surface area contributed by atoms with E-state index < -0.39 is 0 Å². The summed E-state index contributed by atoms with van der Waals surface area (Å²) < 4.78 is 0.